The van der Waals surface area contributed by atoms with E-state index in [4.69, 9.17) is 10.5 Å². The zero-order valence-corrected chi connectivity index (χ0v) is 25.6. The van der Waals surface area contributed by atoms with Crippen molar-refractivity contribution < 1.29 is 44.3 Å². The van der Waals surface area contributed by atoms with E-state index in [0.717, 1.165) is 12.8 Å². The lowest BCUT2D eigenvalue weighted by atomic mass is 9.54. The average Bonchev–Trinajstić information content (AvgIpc) is 3.19. The lowest BCUT2D eigenvalue weighted by Gasteiger charge is -2.54. The molecule has 11 heteroatoms. The lowest BCUT2D eigenvalue weighted by Crippen LogP contribution is -2.71. The van der Waals surface area contributed by atoms with Crippen LogP contribution in [0, 0.1) is 41.4 Å². The summed E-state index contributed by atoms with van der Waals surface area (Å²) in [4.78, 5) is 56.0. The van der Waals surface area contributed by atoms with E-state index < -0.39 is 76.0 Å². The maximum absolute atomic E-state index is 14.4. The number of aromatic hydroxyl groups is 1. The number of primary amides is 1. The summed E-state index contributed by atoms with van der Waals surface area (Å²) in [6, 6.07) is 3.23. The largest absolute Gasteiger partial charge is 0.508 e. The summed E-state index contributed by atoms with van der Waals surface area (Å²) in [5.41, 5.74) is 1.73. The third-order valence-electron chi connectivity index (χ3n) is 12.1. The Morgan fingerprint density at radius 1 is 1.04 bits per heavy atom. The summed E-state index contributed by atoms with van der Waals surface area (Å²) in [6.07, 6.45) is 4.39. The van der Waals surface area contributed by atoms with Crippen LogP contribution in [0.15, 0.2) is 35.1 Å². The van der Waals surface area contributed by atoms with Gasteiger partial charge in [-0.05, 0) is 93.3 Å². The molecule has 1 aromatic rings. The number of phenols is 1. The standard InChI is InChI=1S/C34H40N2O9/c1-13-18-5-4-6-20(37)23(18)28(39)24-22(13)30(45-21(38)12-17-9-14-7-15-10-16(8-14)19(17)11-15)26-27(36(2)3)29(40)25(33(35)43)32(42)34(26,44)31(24)41/h4-6,13-17,19,22,26-27,30,37,39,42,44H,7-12H2,1-3H3,(H2,35,43)/t13-,14?,15?,16?,17?,19?,22+,26+,27-,30-,34-/m0/s1. The van der Waals surface area contributed by atoms with Gasteiger partial charge in [0.25, 0.3) is 5.91 Å². The molecule has 11 nitrogen and oxygen atoms in total. The van der Waals surface area contributed by atoms with Gasteiger partial charge in [0.1, 0.15) is 28.9 Å². The van der Waals surface area contributed by atoms with Crippen molar-refractivity contribution in [2.45, 2.75) is 69.1 Å². The van der Waals surface area contributed by atoms with E-state index in [1.807, 2.05) is 0 Å². The number of fused-ring (bicyclic) bond motifs is 5. The van der Waals surface area contributed by atoms with Crippen LogP contribution in [0.2, 0.25) is 0 Å². The van der Waals surface area contributed by atoms with E-state index in [-0.39, 0.29) is 29.2 Å². The fourth-order valence-electron chi connectivity index (χ4n) is 10.4. The Balaban J connectivity index is 1.37. The van der Waals surface area contributed by atoms with E-state index in [1.54, 1.807) is 19.1 Å². The minimum Gasteiger partial charge on any atom is -0.508 e. The molecule has 1 aromatic carbocycles. The molecule has 240 valence electrons. The van der Waals surface area contributed by atoms with Crippen molar-refractivity contribution in [1.29, 1.82) is 0 Å². The predicted octanol–water partition coefficient (Wildman–Crippen LogP) is 2.51. The molecule has 45 heavy (non-hydrogen) atoms. The van der Waals surface area contributed by atoms with Gasteiger partial charge in [-0.15, -0.1) is 0 Å². The zero-order valence-electron chi connectivity index (χ0n) is 25.6. The Kier molecular flexibility index (Phi) is 6.76. The highest BCUT2D eigenvalue weighted by Crippen LogP contribution is 2.59. The Hall–Kier alpha value is -3.70. The summed E-state index contributed by atoms with van der Waals surface area (Å²) in [5.74, 6) is -6.86. The molecular weight excluding hydrogens is 580 g/mol. The first-order chi connectivity index (χ1) is 21.2. The van der Waals surface area contributed by atoms with Crippen molar-refractivity contribution in [3.8, 4) is 5.75 Å². The van der Waals surface area contributed by atoms with Crippen molar-refractivity contribution in [2.24, 2.45) is 47.2 Å². The molecule has 4 saturated carbocycles. The van der Waals surface area contributed by atoms with Gasteiger partial charge in [-0.1, -0.05) is 19.1 Å². The topological polar surface area (TPSA) is 188 Å². The number of likely N-dealkylation sites (N-methyl/N-ethyl adjacent to an activating group) is 1. The van der Waals surface area contributed by atoms with Gasteiger partial charge in [0.05, 0.1) is 17.5 Å². The normalized spacial score (nSPS) is 39.9. The third-order valence-corrected chi connectivity index (χ3v) is 12.1. The highest BCUT2D eigenvalue weighted by molar-refractivity contribution is 6.24. The Morgan fingerprint density at radius 3 is 2.40 bits per heavy atom. The number of rotatable bonds is 5. The van der Waals surface area contributed by atoms with Gasteiger partial charge in [0.2, 0.25) is 5.78 Å². The van der Waals surface area contributed by atoms with Crippen LogP contribution in [-0.2, 0) is 23.9 Å². The molecule has 0 aromatic heterocycles. The van der Waals surface area contributed by atoms with E-state index in [9.17, 15) is 39.6 Å². The number of hydrogen-bond acceptors (Lipinski definition) is 10. The number of nitrogens with zero attached hydrogens (tertiary/aromatic N) is 1. The van der Waals surface area contributed by atoms with Gasteiger partial charge in [-0.2, -0.15) is 0 Å². The first-order valence-corrected chi connectivity index (χ1v) is 15.9. The summed E-state index contributed by atoms with van der Waals surface area (Å²) >= 11 is 0. The summed E-state index contributed by atoms with van der Waals surface area (Å²) in [7, 11) is 3.03. The second-order valence-electron chi connectivity index (χ2n) is 14.6. The molecular formula is C34H40N2O9. The number of ether oxygens (including phenoxy) is 1. The number of aliphatic hydroxyl groups excluding tert-OH is 2. The fraction of sp³-hybridized carbons (Fsp3) is 0.588. The molecule has 0 radical (unpaired) electrons. The Labute approximate surface area is 260 Å². The van der Waals surface area contributed by atoms with E-state index >= 15 is 0 Å². The maximum atomic E-state index is 14.4. The maximum Gasteiger partial charge on any atom is 0.306 e. The molecule has 11 atom stereocenters. The van der Waals surface area contributed by atoms with E-state index in [2.05, 4.69) is 0 Å². The van der Waals surface area contributed by atoms with Crippen molar-refractivity contribution in [3.63, 3.8) is 0 Å². The molecule has 6 aliphatic rings. The Morgan fingerprint density at radius 2 is 1.73 bits per heavy atom. The smallest absolute Gasteiger partial charge is 0.306 e. The minimum absolute atomic E-state index is 0.0140. The van der Waals surface area contributed by atoms with Gasteiger partial charge in [-0.3, -0.25) is 24.1 Å². The number of aliphatic hydroxyl groups is 3. The minimum atomic E-state index is -2.94. The first-order valence-electron chi connectivity index (χ1n) is 15.9. The summed E-state index contributed by atoms with van der Waals surface area (Å²) in [6.45, 7) is 1.76. The number of amides is 1. The first kappa shape index (κ1) is 30.0. The molecule has 0 saturated heterocycles. The number of benzene rings is 1. The van der Waals surface area contributed by atoms with Crippen molar-refractivity contribution in [2.75, 3.05) is 14.1 Å². The SMILES string of the molecule is C[C@H]1c2cccc(O)c2C(O)=C2C(=O)[C@]3(O)C(O)=C(C(N)=O)C(=O)[C@@H](N(C)C)[C@@H]3[C@@H](OC(=O)CC3CC4CC5CC(C4)C3C5)[C@@H]21. The van der Waals surface area contributed by atoms with Crippen LogP contribution in [0.5, 0.6) is 5.75 Å². The second-order valence-corrected chi connectivity index (χ2v) is 14.6. The number of phenolic OH excluding ortho intramolecular Hbond substituents is 1. The second kappa shape index (κ2) is 10.2. The van der Waals surface area contributed by atoms with Gasteiger partial charge in [0.15, 0.2) is 11.4 Å². The van der Waals surface area contributed by atoms with Crippen LogP contribution in [0.1, 0.15) is 62.5 Å². The van der Waals surface area contributed by atoms with E-state index in [0.29, 0.717) is 29.2 Å². The number of nitrogens with two attached hydrogens (primary N) is 1. The van der Waals surface area contributed by atoms with Gasteiger partial charge >= 0.3 is 5.97 Å². The van der Waals surface area contributed by atoms with Crippen molar-refractivity contribution >= 4 is 29.2 Å². The van der Waals surface area contributed by atoms with Crippen LogP contribution >= 0.6 is 0 Å². The van der Waals surface area contributed by atoms with Crippen LogP contribution in [0.25, 0.3) is 5.76 Å². The predicted molar refractivity (Wildman–Crippen MR) is 159 cm³/mol. The molecule has 7 rings (SSSR count). The summed E-state index contributed by atoms with van der Waals surface area (Å²) in [5, 5.41) is 45.9. The molecule has 5 unspecified atom stereocenters. The molecule has 0 spiro atoms. The number of carbonyl (C=O) groups excluding carboxylic acids is 4. The van der Waals surface area contributed by atoms with Gasteiger partial charge in [-0.25, -0.2) is 0 Å². The monoisotopic (exact) mass is 620 g/mol. The average molecular weight is 621 g/mol. The number of carbonyl (C=O) groups is 4. The molecule has 3 bridgehead atoms. The van der Waals surface area contributed by atoms with Gasteiger partial charge < -0.3 is 30.9 Å². The van der Waals surface area contributed by atoms with Gasteiger partial charge in [0, 0.05) is 17.9 Å². The highest BCUT2D eigenvalue weighted by Gasteiger charge is 2.69. The van der Waals surface area contributed by atoms with Crippen LogP contribution < -0.4 is 5.73 Å². The number of hydrogen-bond donors (Lipinski definition) is 5. The molecule has 1 amide bonds. The fourth-order valence-corrected chi connectivity index (χ4v) is 10.4. The van der Waals surface area contributed by atoms with Crippen molar-refractivity contribution in [3.05, 3.63) is 46.2 Å². The Bertz CT molecular complexity index is 1590. The molecule has 0 heterocycles. The summed E-state index contributed by atoms with van der Waals surface area (Å²) < 4.78 is 6.29. The third kappa shape index (κ3) is 4.08. The molecule has 4 fully saturated rings. The molecule has 0 aliphatic heterocycles. The quantitative estimate of drug-likeness (QED) is 0.242. The number of esters is 1. The van der Waals surface area contributed by atoms with Crippen LogP contribution in [-0.4, -0.2) is 80.6 Å². The molecule has 6 aliphatic carbocycles. The number of ketones is 2. The lowest BCUT2D eigenvalue weighted by molar-refractivity contribution is -0.186. The van der Waals surface area contributed by atoms with E-state index in [1.165, 1.54) is 44.3 Å². The highest BCUT2D eigenvalue weighted by atomic mass is 16.5. The molecule has 6 N–H and O–H groups in total. The zero-order chi connectivity index (χ0) is 32.3. The number of Topliss-reactive ketones (excluding diaryl/α,β-unsaturated/α-hetero) is 2. The van der Waals surface area contributed by atoms with Crippen molar-refractivity contribution in [1.82, 2.24) is 4.90 Å². The van der Waals surface area contributed by atoms with Crippen LogP contribution in [0.3, 0.4) is 0 Å². The van der Waals surface area contributed by atoms with Crippen LogP contribution in [0.4, 0.5) is 0 Å².